The predicted molar refractivity (Wildman–Crippen MR) is 121 cm³/mol. The van der Waals surface area contributed by atoms with Crippen molar-refractivity contribution in [1.29, 1.82) is 0 Å². The molecule has 5 rings (SSSR count). The van der Waals surface area contributed by atoms with Crippen molar-refractivity contribution in [2.75, 3.05) is 25.1 Å². The van der Waals surface area contributed by atoms with Gasteiger partial charge in [0.1, 0.15) is 17.2 Å². The molecule has 0 saturated carbocycles. The van der Waals surface area contributed by atoms with E-state index >= 15 is 0 Å². The topological polar surface area (TPSA) is 110 Å². The standard InChI is InChI=1S/C22H21N5O.CH3NO/c1-28-17-6-4-5-16(13-17)19-14-18-21(24-19)25-20(15-7-9-23-10-8-15)26-22(18)27-11-2-3-12-27;2-1-3/h4-10,13-14H,2-3,11-12H2,1H3,(H,24,25,26);1H,(H2,2,3). The van der Waals surface area contributed by atoms with Crippen molar-refractivity contribution in [3.05, 3.63) is 54.9 Å². The fraction of sp³-hybridized carbons (Fsp3) is 0.217. The molecule has 0 bridgehead atoms. The summed E-state index contributed by atoms with van der Waals surface area (Å²) in [6.07, 6.45) is 6.19. The number of anilines is 1. The van der Waals surface area contributed by atoms with Crippen molar-refractivity contribution in [3.8, 4) is 28.4 Å². The van der Waals surface area contributed by atoms with Gasteiger partial charge in [-0.1, -0.05) is 12.1 Å². The molecule has 1 aliphatic heterocycles. The molecule has 31 heavy (non-hydrogen) atoms. The highest BCUT2D eigenvalue weighted by atomic mass is 16.5. The zero-order chi connectivity index (χ0) is 21.6. The minimum absolute atomic E-state index is 0.250. The summed E-state index contributed by atoms with van der Waals surface area (Å²) in [5.41, 5.74) is 8.06. The molecule has 0 spiro atoms. The average Bonchev–Trinajstić information content (AvgIpc) is 3.50. The number of rotatable bonds is 4. The summed E-state index contributed by atoms with van der Waals surface area (Å²) in [6.45, 7) is 2.06. The first kappa shape index (κ1) is 20.3. The summed E-state index contributed by atoms with van der Waals surface area (Å²) in [6, 6.07) is 14.1. The predicted octanol–water partition coefficient (Wildman–Crippen LogP) is 3.40. The van der Waals surface area contributed by atoms with Crippen LogP contribution >= 0.6 is 0 Å². The molecule has 1 fully saturated rings. The Bertz CT molecular complexity index is 1170. The molecule has 8 nitrogen and oxygen atoms in total. The second-order valence-corrected chi connectivity index (χ2v) is 7.11. The zero-order valence-corrected chi connectivity index (χ0v) is 17.3. The lowest BCUT2D eigenvalue weighted by molar-refractivity contribution is -0.106. The number of nitrogens with two attached hydrogens (primary N) is 1. The Morgan fingerprint density at radius 2 is 1.81 bits per heavy atom. The van der Waals surface area contributed by atoms with Crippen LogP contribution in [0.3, 0.4) is 0 Å². The molecule has 0 radical (unpaired) electrons. The molecule has 4 aromatic rings. The highest BCUT2D eigenvalue weighted by Crippen LogP contribution is 2.33. The lowest BCUT2D eigenvalue weighted by atomic mass is 10.1. The van der Waals surface area contributed by atoms with Crippen LogP contribution in [0.2, 0.25) is 0 Å². The van der Waals surface area contributed by atoms with Gasteiger partial charge >= 0.3 is 0 Å². The zero-order valence-electron chi connectivity index (χ0n) is 17.3. The van der Waals surface area contributed by atoms with Gasteiger partial charge in [-0.05, 0) is 43.2 Å². The number of carbonyl (C=O) groups is 1. The van der Waals surface area contributed by atoms with Gasteiger partial charge in [-0.15, -0.1) is 0 Å². The van der Waals surface area contributed by atoms with Crippen LogP contribution in [0.15, 0.2) is 54.9 Å². The van der Waals surface area contributed by atoms with Gasteiger partial charge in [0.05, 0.1) is 12.5 Å². The second kappa shape index (κ2) is 9.25. The van der Waals surface area contributed by atoms with Crippen LogP contribution in [0.1, 0.15) is 12.8 Å². The number of pyridine rings is 1. The first-order valence-electron chi connectivity index (χ1n) is 10.1. The van der Waals surface area contributed by atoms with Gasteiger partial charge in [-0.2, -0.15) is 0 Å². The van der Waals surface area contributed by atoms with E-state index in [9.17, 15) is 0 Å². The van der Waals surface area contributed by atoms with Crippen LogP contribution in [0.5, 0.6) is 5.75 Å². The Morgan fingerprint density at radius 1 is 1.06 bits per heavy atom. The molecule has 0 aliphatic carbocycles. The third kappa shape index (κ3) is 4.32. The second-order valence-electron chi connectivity index (χ2n) is 7.11. The molecule has 158 valence electrons. The van der Waals surface area contributed by atoms with Gasteiger partial charge < -0.3 is 20.4 Å². The molecule has 8 heteroatoms. The molecule has 4 heterocycles. The summed E-state index contributed by atoms with van der Waals surface area (Å²) in [5, 5.41) is 1.05. The van der Waals surface area contributed by atoms with Crippen molar-refractivity contribution in [1.82, 2.24) is 19.9 Å². The van der Waals surface area contributed by atoms with Crippen LogP contribution in [0, 0.1) is 0 Å². The maximum absolute atomic E-state index is 8.58. The molecule has 0 atom stereocenters. The number of nitrogens with one attached hydrogen (secondary N) is 1. The van der Waals surface area contributed by atoms with Crippen molar-refractivity contribution < 1.29 is 9.53 Å². The van der Waals surface area contributed by atoms with E-state index < -0.39 is 0 Å². The summed E-state index contributed by atoms with van der Waals surface area (Å²) < 4.78 is 5.38. The average molecular weight is 416 g/mol. The van der Waals surface area contributed by atoms with Gasteiger partial charge in [0.25, 0.3) is 0 Å². The third-order valence-electron chi connectivity index (χ3n) is 5.19. The van der Waals surface area contributed by atoms with Crippen molar-refractivity contribution >= 4 is 23.3 Å². The number of methoxy groups -OCH3 is 1. The minimum Gasteiger partial charge on any atom is -0.497 e. The Kier molecular flexibility index (Phi) is 6.07. The highest BCUT2D eigenvalue weighted by Gasteiger charge is 2.20. The Hall–Kier alpha value is -3.94. The van der Waals surface area contributed by atoms with Crippen LogP contribution in [0.25, 0.3) is 33.7 Å². The molecule has 1 amide bonds. The van der Waals surface area contributed by atoms with E-state index in [1.807, 2.05) is 30.3 Å². The Balaban J connectivity index is 0.000000730. The molecule has 1 aromatic carbocycles. The van der Waals surface area contributed by atoms with Gasteiger partial charge in [0.2, 0.25) is 6.41 Å². The smallest absolute Gasteiger partial charge is 0.204 e. The van der Waals surface area contributed by atoms with Gasteiger partial charge in [0.15, 0.2) is 5.82 Å². The number of hydrogen-bond donors (Lipinski definition) is 2. The lowest BCUT2D eigenvalue weighted by Crippen LogP contribution is -2.19. The fourth-order valence-electron chi connectivity index (χ4n) is 3.74. The lowest BCUT2D eigenvalue weighted by Gasteiger charge is -2.18. The van der Waals surface area contributed by atoms with E-state index in [1.165, 1.54) is 12.8 Å². The summed E-state index contributed by atoms with van der Waals surface area (Å²) >= 11 is 0. The maximum Gasteiger partial charge on any atom is 0.204 e. The van der Waals surface area contributed by atoms with Crippen LogP contribution in [0.4, 0.5) is 5.82 Å². The molecule has 1 aliphatic rings. The number of H-pyrrole nitrogens is 1. The minimum atomic E-state index is 0.250. The van der Waals surface area contributed by atoms with Gasteiger partial charge in [-0.25, -0.2) is 9.97 Å². The number of primary amides is 1. The normalized spacial score (nSPS) is 13.0. The van der Waals surface area contributed by atoms with E-state index in [1.54, 1.807) is 19.5 Å². The number of carbonyl (C=O) groups excluding carboxylic acids is 1. The van der Waals surface area contributed by atoms with E-state index in [0.717, 1.165) is 58.3 Å². The number of ether oxygens (including phenoxy) is 1. The maximum atomic E-state index is 8.58. The van der Waals surface area contributed by atoms with Crippen molar-refractivity contribution in [3.63, 3.8) is 0 Å². The number of amides is 1. The summed E-state index contributed by atoms with van der Waals surface area (Å²) in [7, 11) is 1.68. The quantitative estimate of drug-likeness (QED) is 0.494. The number of benzene rings is 1. The Labute approximate surface area is 180 Å². The first-order valence-corrected chi connectivity index (χ1v) is 10.1. The summed E-state index contributed by atoms with van der Waals surface area (Å²) in [4.78, 5) is 28.3. The number of fused-ring (bicyclic) bond motifs is 1. The molecular weight excluding hydrogens is 392 g/mol. The number of aromatic nitrogens is 4. The Morgan fingerprint density at radius 3 is 2.52 bits per heavy atom. The molecular formula is C23H24N6O2. The van der Waals surface area contributed by atoms with E-state index in [-0.39, 0.29) is 6.41 Å². The van der Waals surface area contributed by atoms with Crippen molar-refractivity contribution in [2.24, 2.45) is 5.73 Å². The van der Waals surface area contributed by atoms with Crippen molar-refractivity contribution in [2.45, 2.75) is 12.8 Å². The first-order chi connectivity index (χ1) is 15.2. The molecule has 0 unspecified atom stereocenters. The fourth-order valence-corrected chi connectivity index (χ4v) is 3.74. The monoisotopic (exact) mass is 416 g/mol. The largest absolute Gasteiger partial charge is 0.497 e. The highest BCUT2D eigenvalue weighted by molar-refractivity contribution is 5.93. The molecule has 3 N–H and O–H groups in total. The molecule has 1 saturated heterocycles. The molecule has 3 aromatic heterocycles. The van der Waals surface area contributed by atoms with Crippen LogP contribution in [-0.2, 0) is 4.79 Å². The van der Waals surface area contributed by atoms with Crippen LogP contribution in [-0.4, -0.2) is 46.5 Å². The van der Waals surface area contributed by atoms with E-state index in [0.29, 0.717) is 0 Å². The SMILES string of the molecule is COc1cccc(-c2cc3c(N4CCCC4)nc(-c4ccncc4)nc3[nH]2)c1.NC=O. The van der Waals surface area contributed by atoms with Gasteiger partial charge in [0, 0.05) is 42.3 Å². The van der Waals surface area contributed by atoms with E-state index in [2.05, 4.69) is 32.7 Å². The number of hydrogen-bond acceptors (Lipinski definition) is 6. The van der Waals surface area contributed by atoms with E-state index in [4.69, 9.17) is 19.5 Å². The number of aromatic amines is 1. The third-order valence-corrected chi connectivity index (χ3v) is 5.19. The summed E-state index contributed by atoms with van der Waals surface area (Å²) in [5.74, 6) is 2.55. The van der Waals surface area contributed by atoms with Gasteiger partial charge in [-0.3, -0.25) is 9.78 Å². The van der Waals surface area contributed by atoms with Crippen LogP contribution < -0.4 is 15.4 Å². The number of nitrogens with zero attached hydrogens (tertiary/aromatic N) is 4.